The molecule has 0 radical (unpaired) electrons. The lowest BCUT2D eigenvalue weighted by molar-refractivity contribution is -0.137. The lowest BCUT2D eigenvalue weighted by atomic mass is 9.83. The number of carbonyl (C=O) groups is 1. The van der Waals surface area contributed by atoms with E-state index in [4.69, 9.17) is 5.11 Å². The Kier molecular flexibility index (Phi) is 15.9. The van der Waals surface area contributed by atoms with Crippen LogP contribution in [0.3, 0.4) is 0 Å². The van der Waals surface area contributed by atoms with Crippen molar-refractivity contribution in [3.05, 3.63) is 70.8 Å². The van der Waals surface area contributed by atoms with Crippen molar-refractivity contribution >= 4 is 5.97 Å². The summed E-state index contributed by atoms with van der Waals surface area (Å²) in [5, 5.41) is 55.4. The summed E-state index contributed by atoms with van der Waals surface area (Å²) in [4.78, 5) is 11.0. The highest BCUT2D eigenvalue weighted by Crippen LogP contribution is 2.29. The zero-order valence-electron chi connectivity index (χ0n) is 26.3. The van der Waals surface area contributed by atoms with Crippen molar-refractivity contribution in [2.75, 3.05) is 6.61 Å². The normalized spacial score (nSPS) is 23.6. The van der Waals surface area contributed by atoms with Gasteiger partial charge in [0.15, 0.2) is 0 Å². The maximum absolute atomic E-state index is 11.2. The van der Waals surface area contributed by atoms with E-state index in [9.17, 15) is 25.2 Å². The van der Waals surface area contributed by atoms with Gasteiger partial charge < -0.3 is 30.8 Å². The average Bonchev–Trinajstić information content (AvgIpc) is 3.01. The van der Waals surface area contributed by atoms with Crippen LogP contribution in [-0.4, -0.2) is 68.5 Å². The van der Waals surface area contributed by atoms with E-state index in [1.807, 2.05) is 36.4 Å². The van der Waals surface area contributed by atoms with E-state index < -0.39 is 24.3 Å². The molecule has 1 aromatic carbocycles. The fourth-order valence-electron chi connectivity index (χ4n) is 6.18. The summed E-state index contributed by atoms with van der Waals surface area (Å²) in [6, 6.07) is 7.58. The number of aliphatic carboxylic acids is 1. The zero-order chi connectivity index (χ0) is 31.7. The van der Waals surface area contributed by atoms with Crippen LogP contribution < -0.4 is 5.32 Å². The van der Waals surface area contributed by atoms with Gasteiger partial charge in [0.25, 0.3) is 0 Å². The summed E-state index contributed by atoms with van der Waals surface area (Å²) in [6.07, 6.45) is 15.7. The van der Waals surface area contributed by atoms with E-state index in [0.717, 1.165) is 73.6 Å². The Morgan fingerprint density at radius 1 is 1.09 bits per heavy atom. The number of aliphatic hydroxyl groups is 4. The lowest BCUT2D eigenvalue weighted by Crippen LogP contribution is -2.51. The third-order valence-corrected chi connectivity index (χ3v) is 8.73. The van der Waals surface area contributed by atoms with Crippen molar-refractivity contribution in [1.29, 1.82) is 0 Å². The van der Waals surface area contributed by atoms with Crippen LogP contribution in [0.2, 0.25) is 0 Å². The molecule has 0 spiro atoms. The molecule has 0 fully saturated rings. The number of aliphatic hydroxyl groups excluding tert-OH is 4. The minimum atomic E-state index is -0.949. The Morgan fingerprint density at radius 2 is 1.89 bits per heavy atom. The number of nitrogens with one attached hydrogen (secondary N) is 1. The van der Waals surface area contributed by atoms with Crippen molar-refractivity contribution in [2.45, 2.75) is 127 Å². The first-order valence-corrected chi connectivity index (χ1v) is 16.6. The largest absolute Gasteiger partial charge is 0.481 e. The lowest BCUT2D eigenvalue weighted by Gasteiger charge is -2.36. The number of carboxylic acid groups (broad SMARTS) is 1. The zero-order valence-corrected chi connectivity index (χ0v) is 26.3. The van der Waals surface area contributed by atoms with Gasteiger partial charge in [0.1, 0.15) is 0 Å². The molecule has 0 saturated heterocycles. The van der Waals surface area contributed by atoms with E-state index in [1.165, 1.54) is 0 Å². The van der Waals surface area contributed by atoms with Gasteiger partial charge in [-0.2, -0.15) is 0 Å². The van der Waals surface area contributed by atoms with Crippen molar-refractivity contribution in [3.63, 3.8) is 0 Å². The highest BCUT2D eigenvalue weighted by atomic mass is 16.4. The summed E-state index contributed by atoms with van der Waals surface area (Å²) in [6.45, 7) is 1.77. The van der Waals surface area contributed by atoms with Crippen LogP contribution in [0.1, 0.15) is 102 Å². The number of carboxylic acids is 1. The number of fused-ring (bicyclic) bond motifs is 2. The van der Waals surface area contributed by atoms with E-state index in [2.05, 4.69) is 36.2 Å². The van der Waals surface area contributed by atoms with Gasteiger partial charge in [-0.25, -0.2) is 0 Å². The minimum Gasteiger partial charge on any atom is -0.481 e. The number of hydrogen-bond acceptors (Lipinski definition) is 6. The van der Waals surface area contributed by atoms with Gasteiger partial charge in [-0.1, -0.05) is 99.8 Å². The SMILES string of the molecule is CCCCC[C@H](O)C=CC1=C(C[C@H](O)CO)[C@H](CCCCCCC(=O)O)N[C@@H]2[C@@H](C#Cc3ccccc3CC1)C=CC[C@@H]2O. The standard InChI is InChI=1S/C37H53NO6/c1-2-3-6-15-31(40)24-23-29-21-19-27-12-9-10-13-28(27)20-22-30-14-11-17-35(42)37(30)38-34(33(29)25-32(41)26-39)16-7-4-5-8-18-36(43)44/h9-14,23-24,30-32,34-35,37-42H,2-8,15-19,21,25-26H2,1H3,(H,43,44)/t30-,31+,32+,34+,35+,37-/m1/s1. The van der Waals surface area contributed by atoms with Crippen LogP contribution in [0, 0.1) is 17.8 Å². The summed E-state index contributed by atoms with van der Waals surface area (Å²) in [5.41, 5.74) is 4.06. The van der Waals surface area contributed by atoms with Crippen LogP contribution in [0.25, 0.3) is 0 Å². The maximum Gasteiger partial charge on any atom is 0.303 e. The van der Waals surface area contributed by atoms with Crippen LogP contribution in [-0.2, 0) is 11.2 Å². The maximum atomic E-state index is 11.2. The number of hydrogen-bond donors (Lipinski definition) is 6. The highest BCUT2D eigenvalue weighted by Gasteiger charge is 2.32. The van der Waals surface area contributed by atoms with Gasteiger partial charge in [0, 0.05) is 18.0 Å². The van der Waals surface area contributed by atoms with Crippen LogP contribution in [0.5, 0.6) is 0 Å². The monoisotopic (exact) mass is 607 g/mol. The second-order valence-corrected chi connectivity index (χ2v) is 12.3. The van der Waals surface area contributed by atoms with Gasteiger partial charge in [0.05, 0.1) is 36.9 Å². The topological polar surface area (TPSA) is 130 Å². The number of aryl methyl sites for hydroxylation is 1. The Morgan fingerprint density at radius 3 is 2.66 bits per heavy atom. The van der Waals surface area contributed by atoms with Gasteiger partial charge in [-0.15, -0.1) is 0 Å². The molecular weight excluding hydrogens is 554 g/mol. The molecule has 1 aromatic rings. The summed E-state index contributed by atoms with van der Waals surface area (Å²) >= 11 is 0. The van der Waals surface area contributed by atoms with Crippen molar-refractivity contribution in [3.8, 4) is 11.8 Å². The second kappa shape index (κ2) is 19.6. The molecule has 1 heterocycles. The summed E-state index contributed by atoms with van der Waals surface area (Å²) in [5.74, 6) is 5.81. The summed E-state index contributed by atoms with van der Waals surface area (Å²) < 4.78 is 0. The fraction of sp³-hybridized carbons (Fsp3) is 0.595. The molecule has 2 aliphatic rings. The molecule has 44 heavy (non-hydrogen) atoms. The van der Waals surface area contributed by atoms with Crippen molar-refractivity contribution in [2.24, 2.45) is 5.92 Å². The smallest absolute Gasteiger partial charge is 0.303 e. The first-order chi connectivity index (χ1) is 21.3. The molecule has 3 rings (SSSR count). The minimum absolute atomic E-state index is 0.160. The molecular formula is C37H53NO6. The van der Waals surface area contributed by atoms with E-state index >= 15 is 0 Å². The molecule has 0 aromatic heterocycles. The average molecular weight is 608 g/mol. The van der Waals surface area contributed by atoms with E-state index in [1.54, 1.807) is 0 Å². The number of allylic oxidation sites excluding steroid dienone is 2. The molecule has 6 atom stereocenters. The molecule has 6 N–H and O–H groups in total. The van der Waals surface area contributed by atoms with Gasteiger partial charge in [-0.05, 0) is 67.7 Å². The predicted octanol–water partition coefficient (Wildman–Crippen LogP) is 5.21. The molecule has 242 valence electrons. The molecule has 7 heteroatoms. The van der Waals surface area contributed by atoms with Gasteiger partial charge in [0.2, 0.25) is 0 Å². The third-order valence-electron chi connectivity index (χ3n) is 8.73. The fourth-order valence-corrected chi connectivity index (χ4v) is 6.18. The predicted molar refractivity (Wildman–Crippen MR) is 175 cm³/mol. The van der Waals surface area contributed by atoms with E-state index in [-0.39, 0.29) is 37.5 Å². The van der Waals surface area contributed by atoms with Crippen molar-refractivity contribution in [1.82, 2.24) is 5.32 Å². The number of rotatable bonds is 16. The van der Waals surface area contributed by atoms with Gasteiger partial charge >= 0.3 is 5.97 Å². The Hall–Kier alpha value is -2.73. The third kappa shape index (κ3) is 12.0. The molecule has 0 bridgehead atoms. The number of unbranched alkanes of at least 4 members (excludes halogenated alkanes) is 5. The molecule has 0 unspecified atom stereocenters. The van der Waals surface area contributed by atoms with Crippen LogP contribution in [0.15, 0.2) is 59.7 Å². The number of benzene rings is 1. The van der Waals surface area contributed by atoms with Crippen molar-refractivity contribution < 1.29 is 30.3 Å². The quantitative estimate of drug-likeness (QED) is 0.0864. The first-order valence-electron chi connectivity index (χ1n) is 16.6. The molecule has 0 amide bonds. The second-order valence-electron chi connectivity index (χ2n) is 12.3. The summed E-state index contributed by atoms with van der Waals surface area (Å²) in [7, 11) is 0. The molecule has 7 nitrogen and oxygen atoms in total. The Bertz CT molecular complexity index is 1180. The molecule has 1 aliphatic heterocycles. The molecule has 1 aliphatic carbocycles. The first kappa shape index (κ1) is 35.7. The highest BCUT2D eigenvalue weighted by molar-refractivity contribution is 5.66. The molecule has 0 saturated carbocycles. The van der Waals surface area contributed by atoms with E-state index in [0.29, 0.717) is 25.7 Å². The van der Waals surface area contributed by atoms with Crippen LogP contribution >= 0.6 is 0 Å². The van der Waals surface area contributed by atoms with Crippen LogP contribution in [0.4, 0.5) is 0 Å². The van der Waals surface area contributed by atoms with Gasteiger partial charge in [-0.3, -0.25) is 4.79 Å². The Labute approximate surface area is 263 Å². The Balaban J connectivity index is 2.05.